The minimum atomic E-state index is -0.317. The molecule has 140 valence electrons. The van der Waals surface area contributed by atoms with E-state index in [1.54, 1.807) is 19.2 Å². The topological polar surface area (TPSA) is 41.9 Å². The first-order valence-electron chi connectivity index (χ1n) is 8.82. The molecular weight excluding hydrogens is 363 g/mol. The molecular formula is C21H21FN2O2S. The van der Waals surface area contributed by atoms with E-state index >= 15 is 0 Å². The number of aliphatic imine (C=N–C) groups is 1. The van der Waals surface area contributed by atoms with Gasteiger partial charge in [0.25, 0.3) is 5.91 Å². The number of hydrogen-bond donors (Lipinski definition) is 0. The fraction of sp³-hybridized carbons (Fsp3) is 0.238. The van der Waals surface area contributed by atoms with E-state index in [0.717, 1.165) is 24.2 Å². The van der Waals surface area contributed by atoms with Gasteiger partial charge in [0.1, 0.15) is 11.6 Å². The third kappa shape index (κ3) is 4.77. The Morgan fingerprint density at radius 1 is 1.19 bits per heavy atom. The molecule has 0 atom stereocenters. The van der Waals surface area contributed by atoms with Crippen molar-refractivity contribution < 1.29 is 13.9 Å². The van der Waals surface area contributed by atoms with Crippen molar-refractivity contribution in [1.29, 1.82) is 0 Å². The molecule has 0 aromatic heterocycles. The standard InChI is InChI=1S/C21H21FN2O2S/c1-3-4-13-26-18-8-6-5-7-15(18)14-19-20(25)24(2)21(27-19)23-17-11-9-16(22)10-12-17/h5-12,14H,3-4,13H2,1-2H3/b19-14+,23-21?. The van der Waals surface area contributed by atoms with E-state index in [0.29, 0.717) is 22.4 Å². The zero-order valence-corrected chi connectivity index (χ0v) is 16.1. The first-order chi connectivity index (χ1) is 13.1. The van der Waals surface area contributed by atoms with Gasteiger partial charge in [0.05, 0.1) is 17.2 Å². The fourth-order valence-corrected chi connectivity index (χ4v) is 3.45. The summed E-state index contributed by atoms with van der Waals surface area (Å²) in [5.74, 6) is 0.324. The van der Waals surface area contributed by atoms with Crippen molar-refractivity contribution >= 4 is 34.6 Å². The Balaban J connectivity index is 1.83. The molecule has 1 aliphatic rings. The number of amides is 1. The van der Waals surface area contributed by atoms with Crippen LogP contribution in [-0.2, 0) is 4.79 Å². The molecule has 0 saturated carbocycles. The lowest BCUT2D eigenvalue weighted by molar-refractivity contribution is -0.121. The van der Waals surface area contributed by atoms with Crippen LogP contribution in [0.5, 0.6) is 5.75 Å². The maximum Gasteiger partial charge on any atom is 0.266 e. The molecule has 3 rings (SSSR count). The van der Waals surface area contributed by atoms with Crippen molar-refractivity contribution in [3.8, 4) is 5.75 Å². The second-order valence-corrected chi connectivity index (χ2v) is 7.09. The molecule has 1 amide bonds. The van der Waals surface area contributed by atoms with E-state index in [9.17, 15) is 9.18 Å². The number of halogens is 1. The van der Waals surface area contributed by atoms with Crippen LogP contribution < -0.4 is 4.74 Å². The number of rotatable bonds is 6. The molecule has 6 heteroatoms. The molecule has 4 nitrogen and oxygen atoms in total. The largest absolute Gasteiger partial charge is 0.493 e. The summed E-state index contributed by atoms with van der Waals surface area (Å²) in [6.45, 7) is 2.76. The number of likely N-dealkylation sites (N-methyl/N-ethyl adjacent to an activating group) is 1. The lowest BCUT2D eigenvalue weighted by Crippen LogP contribution is -2.23. The highest BCUT2D eigenvalue weighted by Gasteiger charge is 2.30. The predicted molar refractivity (Wildman–Crippen MR) is 109 cm³/mol. The number of unbranched alkanes of at least 4 members (excludes halogenated alkanes) is 1. The number of carbonyl (C=O) groups is 1. The zero-order chi connectivity index (χ0) is 19.2. The summed E-state index contributed by atoms with van der Waals surface area (Å²) in [4.78, 5) is 19.1. The van der Waals surface area contributed by atoms with Crippen LogP contribution in [-0.4, -0.2) is 29.6 Å². The molecule has 0 N–H and O–H groups in total. The van der Waals surface area contributed by atoms with E-state index in [1.807, 2.05) is 30.3 Å². The van der Waals surface area contributed by atoms with Gasteiger partial charge in [-0.25, -0.2) is 9.38 Å². The van der Waals surface area contributed by atoms with E-state index < -0.39 is 0 Å². The van der Waals surface area contributed by atoms with Crippen molar-refractivity contribution in [1.82, 2.24) is 4.90 Å². The van der Waals surface area contributed by atoms with Gasteiger partial charge in [0.15, 0.2) is 5.17 Å². The third-order valence-electron chi connectivity index (χ3n) is 4.02. The van der Waals surface area contributed by atoms with Crippen molar-refractivity contribution in [3.63, 3.8) is 0 Å². The Morgan fingerprint density at radius 3 is 2.67 bits per heavy atom. The summed E-state index contributed by atoms with van der Waals surface area (Å²) in [5, 5.41) is 0.558. The number of benzene rings is 2. The zero-order valence-electron chi connectivity index (χ0n) is 15.3. The van der Waals surface area contributed by atoms with Gasteiger partial charge in [-0.3, -0.25) is 9.69 Å². The lowest BCUT2D eigenvalue weighted by Gasteiger charge is -2.09. The number of carbonyl (C=O) groups excluding carboxylic acids is 1. The molecule has 1 fully saturated rings. The molecule has 1 heterocycles. The quantitative estimate of drug-likeness (QED) is 0.505. The molecule has 0 aliphatic carbocycles. The first-order valence-corrected chi connectivity index (χ1v) is 9.64. The van der Waals surface area contributed by atoms with Crippen molar-refractivity contribution in [2.45, 2.75) is 19.8 Å². The predicted octanol–water partition coefficient (Wildman–Crippen LogP) is 5.24. The highest BCUT2D eigenvalue weighted by atomic mass is 32.2. The summed E-state index contributed by atoms with van der Waals surface area (Å²) in [6.07, 6.45) is 3.87. The van der Waals surface area contributed by atoms with E-state index in [4.69, 9.17) is 4.74 Å². The summed E-state index contributed by atoms with van der Waals surface area (Å²) < 4.78 is 18.9. The van der Waals surface area contributed by atoms with E-state index in [1.165, 1.54) is 28.8 Å². The van der Waals surface area contributed by atoms with Crippen LogP contribution in [0.2, 0.25) is 0 Å². The Kier molecular flexibility index (Phi) is 6.29. The van der Waals surface area contributed by atoms with Gasteiger partial charge in [-0.05, 0) is 54.6 Å². The second-order valence-electron chi connectivity index (χ2n) is 6.09. The summed E-state index contributed by atoms with van der Waals surface area (Å²) in [5.41, 5.74) is 1.46. The minimum Gasteiger partial charge on any atom is -0.493 e. The number of hydrogen-bond acceptors (Lipinski definition) is 4. The average Bonchev–Trinajstić information content (AvgIpc) is 2.93. The van der Waals surface area contributed by atoms with Crippen LogP contribution in [0.4, 0.5) is 10.1 Å². The molecule has 27 heavy (non-hydrogen) atoms. The number of amidine groups is 1. The van der Waals surface area contributed by atoms with Crippen LogP contribution in [0.3, 0.4) is 0 Å². The molecule has 2 aromatic carbocycles. The van der Waals surface area contributed by atoms with Gasteiger partial charge in [0.2, 0.25) is 0 Å². The van der Waals surface area contributed by atoms with Gasteiger partial charge in [0, 0.05) is 12.6 Å². The third-order valence-corrected chi connectivity index (χ3v) is 5.08. The number of nitrogens with zero attached hydrogens (tertiary/aromatic N) is 2. The highest BCUT2D eigenvalue weighted by Crippen LogP contribution is 2.34. The molecule has 0 unspecified atom stereocenters. The molecule has 1 aliphatic heterocycles. The Hall–Kier alpha value is -2.60. The fourth-order valence-electron chi connectivity index (χ4n) is 2.48. The van der Waals surface area contributed by atoms with Crippen LogP contribution in [0, 0.1) is 5.82 Å². The maximum absolute atomic E-state index is 13.1. The SMILES string of the molecule is CCCCOc1ccccc1/C=C1/SC(=Nc2ccc(F)cc2)N(C)C1=O. The van der Waals surface area contributed by atoms with Crippen molar-refractivity contribution in [3.05, 3.63) is 64.8 Å². The van der Waals surface area contributed by atoms with Gasteiger partial charge >= 0.3 is 0 Å². The van der Waals surface area contributed by atoms with Gasteiger partial charge < -0.3 is 4.74 Å². The normalized spacial score (nSPS) is 17.1. The molecule has 0 bridgehead atoms. The van der Waals surface area contributed by atoms with Crippen molar-refractivity contribution in [2.75, 3.05) is 13.7 Å². The Morgan fingerprint density at radius 2 is 1.93 bits per heavy atom. The summed E-state index contributed by atoms with van der Waals surface area (Å²) in [7, 11) is 1.68. The summed E-state index contributed by atoms with van der Waals surface area (Å²) >= 11 is 1.30. The van der Waals surface area contributed by atoms with E-state index in [2.05, 4.69) is 11.9 Å². The molecule has 0 spiro atoms. The second kappa shape index (κ2) is 8.86. The highest BCUT2D eigenvalue weighted by molar-refractivity contribution is 8.18. The monoisotopic (exact) mass is 384 g/mol. The van der Waals surface area contributed by atoms with E-state index in [-0.39, 0.29) is 11.7 Å². The summed E-state index contributed by atoms with van der Waals surface area (Å²) in [6, 6.07) is 13.5. The van der Waals surface area contributed by atoms with Gasteiger partial charge in [-0.2, -0.15) is 0 Å². The van der Waals surface area contributed by atoms with Gasteiger partial charge in [-0.15, -0.1) is 0 Å². The van der Waals surface area contributed by atoms with Crippen LogP contribution in [0.1, 0.15) is 25.3 Å². The number of ether oxygens (including phenoxy) is 1. The van der Waals surface area contributed by atoms with Crippen LogP contribution in [0.15, 0.2) is 58.4 Å². The lowest BCUT2D eigenvalue weighted by atomic mass is 10.2. The Labute approximate surface area is 162 Å². The smallest absolute Gasteiger partial charge is 0.266 e. The van der Waals surface area contributed by atoms with Crippen LogP contribution in [0.25, 0.3) is 6.08 Å². The molecule has 0 radical (unpaired) electrons. The van der Waals surface area contributed by atoms with Gasteiger partial charge in [-0.1, -0.05) is 31.5 Å². The number of thioether (sulfide) groups is 1. The minimum absolute atomic E-state index is 0.121. The first kappa shape index (κ1) is 19.2. The maximum atomic E-state index is 13.1. The van der Waals surface area contributed by atoms with Crippen LogP contribution >= 0.6 is 11.8 Å². The van der Waals surface area contributed by atoms with Crippen molar-refractivity contribution in [2.24, 2.45) is 4.99 Å². The average molecular weight is 384 g/mol. The number of para-hydroxylation sites is 1. The molecule has 1 saturated heterocycles. The molecule has 2 aromatic rings. The Bertz CT molecular complexity index is 878.